The summed E-state index contributed by atoms with van der Waals surface area (Å²) in [5, 5.41) is 8.06. The van der Waals surface area contributed by atoms with Crippen LogP contribution in [0.3, 0.4) is 0 Å². The summed E-state index contributed by atoms with van der Waals surface area (Å²) >= 11 is 0.988. The van der Waals surface area contributed by atoms with Gasteiger partial charge in [-0.3, -0.25) is 18.7 Å². The van der Waals surface area contributed by atoms with E-state index in [4.69, 9.17) is 14.9 Å². The van der Waals surface area contributed by atoms with Crippen molar-refractivity contribution in [2.75, 3.05) is 18.6 Å². The minimum Gasteiger partial charge on any atom is -0.497 e. The van der Waals surface area contributed by atoms with Crippen molar-refractivity contribution in [1.82, 2.24) is 19.3 Å². The number of Topliss-reactive ketones (excluding diaryl/α,β-unsaturated/α-hetero) is 1. The number of carbonyl (C=O) groups is 1. The predicted octanol–water partition coefficient (Wildman–Crippen LogP) is 1.57. The highest BCUT2D eigenvalue weighted by atomic mass is 32.2. The second-order valence-corrected chi connectivity index (χ2v) is 7.30. The predicted molar refractivity (Wildman–Crippen MR) is 112 cm³/mol. The molecule has 0 aliphatic carbocycles. The maximum Gasteiger partial charge on any atom is 0.332 e. The van der Waals surface area contributed by atoms with Gasteiger partial charge in [0.2, 0.25) is 5.89 Å². The molecular weight excluding hydrogens is 410 g/mol. The van der Waals surface area contributed by atoms with E-state index < -0.39 is 17.0 Å². The van der Waals surface area contributed by atoms with Crippen LogP contribution < -0.4 is 21.7 Å². The van der Waals surface area contributed by atoms with Gasteiger partial charge >= 0.3 is 5.69 Å². The second kappa shape index (κ2) is 8.99. The van der Waals surface area contributed by atoms with Crippen LogP contribution >= 0.6 is 11.8 Å². The molecule has 0 radical (unpaired) electrons. The molecule has 158 valence electrons. The lowest BCUT2D eigenvalue weighted by atomic mass is 10.2. The van der Waals surface area contributed by atoms with E-state index in [9.17, 15) is 14.4 Å². The van der Waals surface area contributed by atoms with Crippen LogP contribution in [0.5, 0.6) is 5.75 Å². The van der Waals surface area contributed by atoms with Crippen LogP contribution in [-0.2, 0) is 13.6 Å². The number of methoxy groups -OCH3 is 1. The molecule has 30 heavy (non-hydrogen) atoms. The molecule has 0 bridgehead atoms. The summed E-state index contributed by atoms with van der Waals surface area (Å²) in [6, 6.07) is 7.07. The Kier molecular flexibility index (Phi) is 6.40. The average molecular weight is 431 g/mol. The average Bonchev–Trinajstić information content (AvgIpc) is 3.23. The molecule has 3 aromatic rings. The SMILES string of the molecule is CCCn1c(N)c(C(=O)CSc2nnc(-c3ccc(OC)cc3)o2)c(=O)n(C)c1=O. The molecule has 1 aromatic carbocycles. The first kappa shape index (κ1) is 21.4. The Balaban J connectivity index is 1.79. The number of ketones is 1. The zero-order valence-corrected chi connectivity index (χ0v) is 17.6. The number of hydrogen-bond donors (Lipinski definition) is 1. The van der Waals surface area contributed by atoms with Gasteiger partial charge in [-0.1, -0.05) is 18.7 Å². The summed E-state index contributed by atoms with van der Waals surface area (Å²) < 4.78 is 12.8. The third-order valence-corrected chi connectivity index (χ3v) is 5.20. The maximum atomic E-state index is 12.7. The topological polar surface area (TPSA) is 135 Å². The van der Waals surface area contributed by atoms with Crippen LogP contribution in [0.1, 0.15) is 23.7 Å². The van der Waals surface area contributed by atoms with Gasteiger partial charge in [0.1, 0.15) is 17.1 Å². The number of thioether (sulfide) groups is 1. The molecule has 10 nitrogen and oxygen atoms in total. The number of ether oxygens (including phenoxy) is 1. The molecular formula is C19H21N5O5S. The number of aromatic nitrogens is 4. The van der Waals surface area contributed by atoms with E-state index in [1.54, 1.807) is 31.4 Å². The summed E-state index contributed by atoms with van der Waals surface area (Å²) in [5.41, 5.74) is 5.18. The molecule has 0 unspecified atom stereocenters. The number of carbonyl (C=O) groups excluding carboxylic acids is 1. The Hall–Kier alpha value is -3.34. The third kappa shape index (κ3) is 4.15. The Morgan fingerprint density at radius 3 is 2.57 bits per heavy atom. The third-order valence-electron chi connectivity index (χ3n) is 4.38. The summed E-state index contributed by atoms with van der Waals surface area (Å²) in [5.74, 6) is 0.197. The molecule has 0 spiro atoms. The molecule has 0 saturated heterocycles. The molecule has 3 rings (SSSR count). The van der Waals surface area contributed by atoms with Gasteiger partial charge in [0, 0.05) is 19.2 Å². The lowest BCUT2D eigenvalue weighted by Crippen LogP contribution is -2.42. The number of rotatable bonds is 8. The van der Waals surface area contributed by atoms with Crippen molar-refractivity contribution in [2.45, 2.75) is 25.1 Å². The van der Waals surface area contributed by atoms with Crippen molar-refractivity contribution >= 4 is 23.4 Å². The molecule has 0 saturated carbocycles. The van der Waals surface area contributed by atoms with Crippen LogP contribution in [0.25, 0.3) is 11.5 Å². The number of nitrogen functional groups attached to an aromatic ring is 1. The van der Waals surface area contributed by atoms with Gasteiger partial charge in [0.15, 0.2) is 5.78 Å². The first-order valence-electron chi connectivity index (χ1n) is 9.10. The number of nitrogens with zero attached hydrogens (tertiary/aromatic N) is 4. The van der Waals surface area contributed by atoms with Crippen molar-refractivity contribution < 1.29 is 13.9 Å². The lowest BCUT2D eigenvalue weighted by molar-refractivity contribution is 0.102. The molecule has 0 fully saturated rings. The van der Waals surface area contributed by atoms with Crippen molar-refractivity contribution in [1.29, 1.82) is 0 Å². The summed E-state index contributed by atoms with van der Waals surface area (Å²) in [4.78, 5) is 37.4. The summed E-state index contributed by atoms with van der Waals surface area (Å²) in [6.45, 7) is 2.17. The van der Waals surface area contributed by atoms with Gasteiger partial charge < -0.3 is 14.9 Å². The van der Waals surface area contributed by atoms with Crippen LogP contribution in [0.15, 0.2) is 43.5 Å². The number of benzene rings is 1. The Bertz CT molecular complexity index is 1180. The number of hydrogen-bond acceptors (Lipinski definition) is 9. The maximum absolute atomic E-state index is 12.7. The molecule has 2 heterocycles. The zero-order chi connectivity index (χ0) is 21.8. The highest BCUT2D eigenvalue weighted by Gasteiger charge is 2.22. The van der Waals surface area contributed by atoms with Crippen molar-refractivity contribution in [3.8, 4) is 17.2 Å². The Labute approximate surface area is 175 Å². The number of anilines is 1. The van der Waals surface area contributed by atoms with E-state index in [0.717, 1.165) is 16.3 Å². The fourth-order valence-corrected chi connectivity index (χ4v) is 3.44. The van der Waals surface area contributed by atoms with Crippen LogP contribution in [0.4, 0.5) is 5.82 Å². The first-order chi connectivity index (χ1) is 14.4. The molecule has 2 N–H and O–H groups in total. The molecule has 2 aromatic heterocycles. The molecule has 11 heteroatoms. The summed E-state index contributed by atoms with van der Waals surface area (Å²) in [6.07, 6.45) is 0.626. The smallest absolute Gasteiger partial charge is 0.332 e. The van der Waals surface area contributed by atoms with Gasteiger partial charge in [-0.2, -0.15) is 0 Å². The Morgan fingerprint density at radius 1 is 1.23 bits per heavy atom. The van der Waals surface area contributed by atoms with E-state index in [0.29, 0.717) is 30.2 Å². The van der Waals surface area contributed by atoms with Gasteiger partial charge in [0.25, 0.3) is 10.8 Å². The standard InChI is InChI=1S/C19H21N5O5S/c1-4-9-24-15(20)14(17(26)23(2)19(24)27)13(25)10-30-18-22-21-16(29-18)11-5-7-12(28-3)8-6-11/h5-8H,4,9-10,20H2,1-3H3. The van der Waals surface area contributed by atoms with E-state index in [-0.39, 0.29) is 22.4 Å². The second-order valence-electron chi connectivity index (χ2n) is 6.37. The van der Waals surface area contributed by atoms with E-state index >= 15 is 0 Å². The molecule has 0 atom stereocenters. The van der Waals surface area contributed by atoms with Gasteiger partial charge in [-0.05, 0) is 30.7 Å². The van der Waals surface area contributed by atoms with Crippen molar-refractivity contribution in [2.24, 2.45) is 7.05 Å². The van der Waals surface area contributed by atoms with Gasteiger partial charge in [-0.15, -0.1) is 10.2 Å². The minimum atomic E-state index is -0.722. The van der Waals surface area contributed by atoms with Crippen LogP contribution in [0.2, 0.25) is 0 Å². The highest BCUT2D eigenvalue weighted by Crippen LogP contribution is 2.25. The van der Waals surface area contributed by atoms with Crippen LogP contribution in [0, 0.1) is 0 Å². The molecule has 0 aliphatic rings. The fourth-order valence-electron chi connectivity index (χ4n) is 2.80. The van der Waals surface area contributed by atoms with Gasteiger partial charge in [0.05, 0.1) is 12.9 Å². The van der Waals surface area contributed by atoms with Crippen LogP contribution in [-0.4, -0.2) is 38.0 Å². The van der Waals surface area contributed by atoms with E-state index in [1.165, 1.54) is 11.6 Å². The van der Waals surface area contributed by atoms with E-state index in [1.807, 2.05) is 6.92 Å². The normalized spacial score (nSPS) is 10.9. The minimum absolute atomic E-state index is 0.125. The largest absolute Gasteiger partial charge is 0.497 e. The quantitative estimate of drug-likeness (QED) is 0.416. The fraction of sp³-hybridized carbons (Fsp3) is 0.316. The highest BCUT2D eigenvalue weighted by molar-refractivity contribution is 7.99. The number of nitrogens with two attached hydrogens (primary N) is 1. The molecule has 0 aliphatic heterocycles. The van der Waals surface area contributed by atoms with E-state index in [2.05, 4.69) is 10.2 Å². The Morgan fingerprint density at radius 2 is 1.93 bits per heavy atom. The first-order valence-corrected chi connectivity index (χ1v) is 10.1. The van der Waals surface area contributed by atoms with Crippen molar-refractivity contribution in [3.63, 3.8) is 0 Å². The lowest BCUT2D eigenvalue weighted by Gasteiger charge is -2.13. The van der Waals surface area contributed by atoms with Gasteiger partial charge in [-0.25, -0.2) is 4.79 Å². The zero-order valence-electron chi connectivity index (χ0n) is 16.7. The van der Waals surface area contributed by atoms with Crippen molar-refractivity contribution in [3.05, 3.63) is 50.7 Å². The summed E-state index contributed by atoms with van der Waals surface area (Å²) in [7, 11) is 2.89. The monoisotopic (exact) mass is 431 g/mol. The molecule has 0 amide bonds.